The number of amides is 1. The van der Waals surface area contributed by atoms with Crippen molar-refractivity contribution in [2.24, 2.45) is 13.0 Å². The summed E-state index contributed by atoms with van der Waals surface area (Å²) >= 11 is 0. The lowest BCUT2D eigenvalue weighted by Gasteiger charge is -2.46. The van der Waals surface area contributed by atoms with Crippen molar-refractivity contribution in [3.63, 3.8) is 0 Å². The molecule has 2 aromatic heterocycles. The van der Waals surface area contributed by atoms with Crippen molar-refractivity contribution in [2.45, 2.75) is 108 Å². The Kier molecular flexibility index (Phi) is 7.02. The number of fused-ring (bicyclic) bond motifs is 1. The van der Waals surface area contributed by atoms with Crippen LogP contribution in [0.25, 0.3) is 0 Å². The Morgan fingerprint density at radius 1 is 1.09 bits per heavy atom. The molecule has 8 nitrogen and oxygen atoms in total. The number of carbonyl (C=O) groups excluding carboxylic acids is 1. The summed E-state index contributed by atoms with van der Waals surface area (Å²) in [6.45, 7) is 4.33. The third-order valence-corrected chi connectivity index (χ3v) is 10.3. The van der Waals surface area contributed by atoms with E-state index >= 15 is 0 Å². The van der Waals surface area contributed by atoms with Gasteiger partial charge in [0.15, 0.2) is 0 Å². The topological polar surface area (TPSA) is 85.2 Å². The Labute approximate surface area is 255 Å². The number of aromatic nitrogens is 4. The van der Waals surface area contributed by atoms with Crippen LogP contribution in [0.15, 0.2) is 30.6 Å². The number of aryl methyl sites for hydroxylation is 1. The molecular formula is C33H39F3N6O2. The van der Waals surface area contributed by atoms with Gasteiger partial charge < -0.3 is 14.6 Å². The highest BCUT2D eigenvalue weighted by Crippen LogP contribution is 2.53. The van der Waals surface area contributed by atoms with Crippen molar-refractivity contribution < 1.29 is 22.7 Å². The van der Waals surface area contributed by atoms with Gasteiger partial charge in [0.25, 0.3) is 5.91 Å². The smallest absolute Gasteiger partial charge is 0.416 e. The zero-order valence-electron chi connectivity index (χ0n) is 25.5. The standard InChI is InChI=1S/C33H39F3N6O2/c1-20-15-32(16-20,30-40-38-19-41(30)3)22-13-27(39-28(14-22)44-23-7-4-5-8-23)42-18-25-24(29(42)43)11-21(12-26(25)33(34,35)36)17-37-31(2)9-6-10-31/h11-14,19-20,23,37H,4-10,15-18H2,1-3H3/t20-,32+. The molecule has 234 valence electrons. The first kappa shape index (κ1) is 29.3. The Hall–Kier alpha value is -3.47. The summed E-state index contributed by atoms with van der Waals surface area (Å²) in [5.74, 6) is 1.47. The van der Waals surface area contributed by atoms with E-state index in [0.29, 0.717) is 23.2 Å². The van der Waals surface area contributed by atoms with Crippen molar-refractivity contribution in [3.05, 3.63) is 64.2 Å². The largest absolute Gasteiger partial charge is 0.474 e. The molecule has 11 heteroatoms. The van der Waals surface area contributed by atoms with E-state index in [-0.39, 0.29) is 35.9 Å². The molecule has 1 N–H and O–H groups in total. The second-order valence-electron chi connectivity index (χ2n) is 13.8. The van der Waals surface area contributed by atoms with Gasteiger partial charge in [0, 0.05) is 30.8 Å². The summed E-state index contributed by atoms with van der Waals surface area (Å²) in [5, 5.41) is 12.0. The molecule has 0 unspecified atom stereocenters. The number of anilines is 1. The molecule has 3 heterocycles. The van der Waals surface area contributed by atoms with Gasteiger partial charge in [-0.3, -0.25) is 9.69 Å². The molecule has 1 aromatic carbocycles. The van der Waals surface area contributed by atoms with Crippen LogP contribution in [0.5, 0.6) is 5.88 Å². The molecule has 1 amide bonds. The van der Waals surface area contributed by atoms with Crippen LogP contribution >= 0.6 is 0 Å². The third-order valence-electron chi connectivity index (χ3n) is 10.3. The molecule has 0 saturated heterocycles. The van der Waals surface area contributed by atoms with Crippen LogP contribution in [0.4, 0.5) is 19.0 Å². The van der Waals surface area contributed by atoms with Crippen LogP contribution in [0, 0.1) is 5.92 Å². The lowest BCUT2D eigenvalue weighted by molar-refractivity contribution is -0.138. The molecule has 0 bridgehead atoms. The molecule has 4 aliphatic rings. The monoisotopic (exact) mass is 608 g/mol. The van der Waals surface area contributed by atoms with E-state index in [4.69, 9.17) is 9.72 Å². The lowest BCUT2D eigenvalue weighted by Crippen LogP contribution is -2.47. The van der Waals surface area contributed by atoms with Gasteiger partial charge in [-0.2, -0.15) is 18.2 Å². The summed E-state index contributed by atoms with van der Waals surface area (Å²) in [6, 6.07) is 6.60. The lowest BCUT2D eigenvalue weighted by atomic mass is 9.58. The fourth-order valence-corrected chi connectivity index (χ4v) is 7.74. The maximum Gasteiger partial charge on any atom is 0.416 e. The molecular weight excluding hydrogens is 569 g/mol. The van der Waals surface area contributed by atoms with Crippen molar-refractivity contribution in [3.8, 4) is 5.88 Å². The van der Waals surface area contributed by atoms with Crippen molar-refractivity contribution >= 4 is 11.7 Å². The van der Waals surface area contributed by atoms with Gasteiger partial charge in [0.2, 0.25) is 5.88 Å². The van der Waals surface area contributed by atoms with Crippen LogP contribution < -0.4 is 15.0 Å². The minimum atomic E-state index is -4.60. The molecule has 0 spiro atoms. The second-order valence-corrected chi connectivity index (χ2v) is 13.8. The fraction of sp³-hybridized carbons (Fsp3) is 0.576. The third kappa shape index (κ3) is 5.06. The van der Waals surface area contributed by atoms with Gasteiger partial charge >= 0.3 is 6.18 Å². The predicted molar refractivity (Wildman–Crippen MR) is 158 cm³/mol. The summed E-state index contributed by atoms with van der Waals surface area (Å²) in [7, 11) is 1.91. The van der Waals surface area contributed by atoms with Gasteiger partial charge in [-0.15, -0.1) is 10.2 Å². The fourth-order valence-electron chi connectivity index (χ4n) is 7.74. The van der Waals surface area contributed by atoms with E-state index < -0.39 is 23.1 Å². The Balaban J connectivity index is 1.28. The molecule has 3 aliphatic carbocycles. The van der Waals surface area contributed by atoms with E-state index in [1.165, 1.54) is 11.0 Å². The molecule has 44 heavy (non-hydrogen) atoms. The van der Waals surface area contributed by atoms with E-state index in [1.807, 2.05) is 23.7 Å². The maximum absolute atomic E-state index is 14.4. The Morgan fingerprint density at radius 2 is 1.84 bits per heavy atom. The maximum atomic E-state index is 14.4. The highest BCUT2D eigenvalue weighted by atomic mass is 19.4. The van der Waals surface area contributed by atoms with Crippen LogP contribution in [-0.2, 0) is 31.7 Å². The van der Waals surface area contributed by atoms with Gasteiger partial charge in [0.1, 0.15) is 24.1 Å². The number of hydrogen-bond donors (Lipinski definition) is 1. The second kappa shape index (κ2) is 10.6. The van der Waals surface area contributed by atoms with E-state index in [1.54, 1.807) is 12.4 Å². The zero-order valence-corrected chi connectivity index (χ0v) is 25.5. The number of carbonyl (C=O) groups is 1. The van der Waals surface area contributed by atoms with Crippen molar-refractivity contribution in [1.82, 2.24) is 25.1 Å². The normalized spacial score (nSPS) is 24.7. The van der Waals surface area contributed by atoms with Crippen molar-refractivity contribution in [2.75, 3.05) is 4.90 Å². The number of benzene rings is 1. The van der Waals surface area contributed by atoms with Gasteiger partial charge in [-0.05, 0) is 106 Å². The first-order chi connectivity index (χ1) is 20.9. The van der Waals surface area contributed by atoms with Gasteiger partial charge in [0.05, 0.1) is 17.5 Å². The average Bonchev–Trinajstić information content (AvgIpc) is 3.69. The number of alkyl halides is 3. The van der Waals surface area contributed by atoms with Gasteiger partial charge in [-0.25, -0.2) is 0 Å². The highest BCUT2D eigenvalue weighted by Gasteiger charge is 2.49. The van der Waals surface area contributed by atoms with E-state index in [2.05, 4.69) is 29.4 Å². The average molecular weight is 609 g/mol. The molecule has 7 rings (SSSR count). The number of ether oxygens (including phenoxy) is 1. The summed E-state index contributed by atoms with van der Waals surface area (Å²) in [4.78, 5) is 20.1. The molecule has 0 atom stereocenters. The molecule has 3 aromatic rings. The van der Waals surface area contributed by atoms with E-state index in [9.17, 15) is 18.0 Å². The van der Waals surface area contributed by atoms with Crippen LogP contribution in [0.1, 0.15) is 110 Å². The van der Waals surface area contributed by atoms with Gasteiger partial charge in [-0.1, -0.05) is 6.92 Å². The number of halogens is 3. The molecule has 3 fully saturated rings. The molecule has 1 aliphatic heterocycles. The van der Waals surface area contributed by atoms with Crippen LogP contribution in [0.3, 0.4) is 0 Å². The number of hydrogen-bond acceptors (Lipinski definition) is 6. The number of rotatable bonds is 8. The van der Waals surface area contributed by atoms with Crippen molar-refractivity contribution in [1.29, 1.82) is 0 Å². The summed E-state index contributed by atoms with van der Waals surface area (Å²) in [6.07, 6.45) is 5.82. The minimum Gasteiger partial charge on any atom is -0.474 e. The first-order valence-corrected chi connectivity index (χ1v) is 15.8. The van der Waals surface area contributed by atoms with Crippen LogP contribution in [-0.4, -0.2) is 37.3 Å². The summed E-state index contributed by atoms with van der Waals surface area (Å²) < 4.78 is 51.6. The highest BCUT2D eigenvalue weighted by molar-refractivity contribution is 6.10. The molecule has 3 saturated carbocycles. The number of pyridine rings is 1. The minimum absolute atomic E-state index is 0.00755. The van der Waals surface area contributed by atoms with Crippen LogP contribution in [0.2, 0.25) is 0 Å². The zero-order chi connectivity index (χ0) is 30.9. The quantitative estimate of drug-likeness (QED) is 0.316. The molecule has 0 radical (unpaired) electrons. The summed E-state index contributed by atoms with van der Waals surface area (Å²) in [5.41, 5.74) is 0.125. The number of nitrogens with one attached hydrogen (secondary N) is 1. The predicted octanol–water partition coefficient (Wildman–Crippen LogP) is 6.46. The number of nitrogens with zero attached hydrogens (tertiary/aromatic N) is 5. The Morgan fingerprint density at radius 3 is 2.45 bits per heavy atom. The first-order valence-electron chi connectivity index (χ1n) is 15.8. The van der Waals surface area contributed by atoms with E-state index in [0.717, 1.165) is 69.2 Å². The SMILES string of the molecule is Cn1cnnc1[C@]1(c2cc(OC3CCCC3)nc(N3Cc4c(cc(CNC5(C)CCC5)cc4C(F)(F)F)C3=O)c2)C[C@H](C)C1. The Bertz CT molecular complexity index is 1580.